The Morgan fingerprint density at radius 3 is 2.37 bits per heavy atom. The van der Waals surface area contributed by atoms with Crippen LogP contribution in [-0.4, -0.2) is 10.9 Å². The van der Waals surface area contributed by atoms with Crippen molar-refractivity contribution in [2.24, 2.45) is 23.2 Å². The number of carbonyl (C=O) groups is 1. The Kier molecular flexibility index (Phi) is 4.06. The van der Waals surface area contributed by atoms with E-state index in [4.69, 9.17) is 4.42 Å². The van der Waals surface area contributed by atoms with Crippen molar-refractivity contribution in [3.05, 3.63) is 48.0 Å². The molecule has 4 bridgehead atoms. The first-order valence-electron chi connectivity index (χ1n) is 11.3. The molecular formula is C26H28N2O2. The molecule has 0 radical (unpaired) electrons. The molecule has 4 aliphatic carbocycles. The normalized spacial score (nSPS) is 29.4. The van der Waals surface area contributed by atoms with Gasteiger partial charge in [0.2, 0.25) is 11.8 Å². The zero-order chi connectivity index (χ0) is 20.3. The van der Waals surface area contributed by atoms with E-state index in [2.05, 4.69) is 17.2 Å². The number of benzene rings is 2. The highest BCUT2D eigenvalue weighted by molar-refractivity contribution is 5.91. The summed E-state index contributed by atoms with van der Waals surface area (Å²) in [6.45, 7) is 2.05. The Labute approximate surface area is 177 Å². The molecule has 1 aromatic heterocycles. The van der Waals surface area contributed by atoms with Gasteiger partial charge in [0.25, 0.3) is 0 Å². The van der Waals surface area contributed by atoms with Gasteiger partial charge >= 0.3 is 0 Å². The lowest BCUT2D eigenvalue weighted by atomic mass is 9.49. The van der Waals surface area contributed by atoms with E-state index in [-0.39, 0.29) is 11.3 Å². The summed E-state index contributed by atoms with van der Waals surface area (Å²) in [5.41, 5.74) is 4.87. The van der Waals surface area contributed by atoms with E-state index in [0.29, 0.717) is 12.3 Å². The fourth-order valence-electron chi connectivity index (χ4n) is 6.91. The molecule has 2 aromatic carbocycles. The summed E-state index contributed by atoms with van der Waals surface area (Å²) < 4.78 is 5.89. The second-order valence-electron chi connectivity index (χ2n) is 10.2. The van der Waals surface area contributed by atoms with Crippen LogP contribution in [0.25, 0.3) is 22.6 Å². The number of amides is 1. The van der Waals surface area contributed by atoms with Gasteiger partial charge in [-0.2, -0.15) is 0 Å². The summed E-state index contributed by atoms with van der Waals surface area (Å²) in [5.74, 6) is 3.42. The second kappa shape index (κ2) is 6.69. The molecule has 4 saturated carbocycles. The second-order valence-corrected chi connectivity index (χ2v) is 10.2. The van der Waals surface area contributed by atoms with Gasteiger partial charge in [-0.15, -0.1) is 0 Å². The minimum atomic E-state index is 0.169. The zero-order valence-electron chi connectivity index (χ0n) is 17.5. The SMILES string of the molecule is Cc1ccc2oc(-c3ccc(NC(=O)CC45CC6CC(CC(C6)C4)C5)cc3)nc2c1. The number of oxazole rings is 1. The molecule has 4 nitrogen and oxygen atoms in total. The van der Waals surface area contributed by atoms with Crippen molar-refractivity contribution in [1.29, 1.82) is 0 Å². The number of carbonyl (C=O) groups excluding carboxylic acids is 1. The molecule has 7 rings (SSSR count). The van der Waals surface area contributed by atoms with Crippen molar-refractivity contribution in [3.63, 3.8) is 0 Å². The average Bonchev–Trinajstić information content (AvgIpc) is 3.10. The van der Waals surface area contributed by atoms with Gasteiger partial charge in [0, 0.05) is 17.7 Å². The van der Waals surface area contributed by atoms with Crippen LogP contribution in [0, 0.1) is 30.1 Å². The molecule has 30 heavy (non-hydrogen) atoms. The van der Waals surface area contributed by atoms with Crippen molar-refractivity contribution < 1.29 is 9.21 Å². The first kappa shape index (κ1) is 18.2. The summed E-state index contributed by atoms with van der Waals surface area (Å²) >= 11 is 0. The fourth-order valence-corrected chi connectivity index (χ4v) is 6.91. The van der Waals surface area contributed by atoms with E-state index in [1.165, 1.54) is 44.1 Å². The lowest BCUT2D eigenvalue weighted by Gasteiger charge is -2.56. The van der Waals surface area contributed by atoms with Crippen LogP contribution in [-0.2, 0) is 4.79 Å². The van der Waals surface area contributed by atoms with Crippen LogP contribution in [0.2, 0.25) is 0 Å². The first-order valence-corrected chi connectivity index (χ1v) is 11.3. The zero-order valence-corrected chi connectivity index (χ0v) is 17.5. The van der Waals surface area contributed by atoms with Gasteiger partial charge in [0.15, 0.2) is 5.58 Å². The third-order valence-electron chi connectivity index (χ3n) is 7.66. The number of anilines is 1. The fraction of sp³-hybridized carbons (Fsp3) is 0.462. The summed E-state index contributed by atoms with van der Waals surface area (Å²) in [6.07, 6.45) is 8.73. The predicted molar refractivity (Wildman–Crippen MR) is 118 cm³/mol. The van der Waals surface area contributed by atoms with Gasteiger partial charge in [-0.3, -0.25) is 4.79 Å². The number of rotatable bonds is 4. The average molecular weight is 401 g/mol. The quantitative estimate of drug-likeness (QED) is 0.555. The Morgan fingerprint density at radius 2 is 1.70 bits per heavy atom. The lowest BCUT2D eigenvalue weighted by Crippen LogP contribution is -2.47. The number of hydrogen-bond acceptors (Lipinski definition) is 3. The molecule has 4 aliphatic rings. The maximum atomic E-state index is 12.9. The number of nitrogens with one attached hydrogen (secondary N) is 1. The van der Waals surface area contributed by atoms with Crippen molar-refractivity contribution in [3.8, 4) is 11.5 Å². The Hall–Kier alpha value is -2.62. The van der Waals surface area contributed by atoms with Crippen LogP contribution in [0.4, 0.5) is 5.69 Å². The largest absolute Gasteiger partial charge is 0.436 e. The van der Waals surface area contributed by atoms with E-state index in [9.17, 15) is 4.79 Å². The number of fused-ring (bicyclic) bond motifs is 1. The van der Waals surface area contributed by atoms with Crippen molar-refractivity contribution in [2.45, 2.75) is 51.9 Å². The molecule has 0 unspecified atom stereocenters. The molecule has 4 fully saturated rings. The Morgan fingerprint density at radius 1 is 1.03 bits per heavy atom. The molecule has 0 atom stereocenters. The van der Waals surface area contributed by atoms with Crippen LogP contribution >= 0.6 is 0 Å². The topological polar surface area (TPSA) is 55.1 Å². The molecule has 0 spiro atoms. The number of nitrogens with zero attached hydrogens (tertiary/aromatic N) is 1. The minimum absolute atomic E-state index is 0.169. The summed E-state index contributed by atoms with van der Waals surface area (Å²) in [6, 6.07) is 13.9. The van der Waals surface area contributed by atoms with Crippen LogP contribution < -0.4 is 5.32 Å². The van der Waals surface area contributed by atoms with Gasteiger partial charge < -0.3 is 9.73 Å². The first-order chi connectivity index (χ1) is 14.5. The number of hydrogen-bond donors (Lipinski definition) is 1. The van der Waals surface area contributed by atoms with E-state index in [1.807, 2.05) is 42.5 Å². The molecule has 1 amide bonds. The van der Waals surface area contributed by atoms with E-state index in [1.54, 1.807) is 0 Å². The highest BCUT2D eigenvalue weighted by atomic mass is 16.3. The number of aryl methyl sites for hydroxylation is 1. The van der Waals surface area contributed by atoms with E-state index < -0.39 is 0 Å². The smallest absolute Gasteiger partial charge is 0.227 e. The third-order valence-corrected chi connectivity index (χ3v) is 7.66. The van der Waals surface area contributed by atoms with Crippen molar-refractivity contribution in [1.82, 2.24) is 4.98 Å². The molecule has 3 aromatic rings. The maximum absolute atomic E-state index is 12.9. The molecule has 154 valence electrons. The minimum Gasteiger partial charge on any atom is -0.436 e. The molecule has 0 aliphatic heterocycles. The Balaban J connectivity index is 1.15. The molecule has 4 heteroatoms. The van der Waals surface area contributed by atoms with E-state index >= 15 is 0 Å². The predicted octanol–water partition coefficient (Wildman–Crippen LogP) is 6.35. The van der Waals surface area contributed by atoms with Crippen LogP contribution in [0.15, 0.2) is 46.9 Å². The summed E-state index contributed by atoms with van der Waals surface area (Å²) in [5, 5.41) is 3.14. The summed E-state index contributed by atoms with van der Waals surface area (Å²) in [4.78, 5) is 17.5. The molecular weight excluding hydrogens is 372 g/mol. The van der Waals surface area contributed by atoms with Crippen molar-refractivity contribution >= 4 is 22.7 Å². The highest BCUT2D eigenvalue weighted by Crippen LogP contribution is 2.61. The third kappa shape index (κ3) is 3.23. The maximum Gasteiger partial charge on any atom is 0.227 e. The highest BCUT2D eigenvalue weighted by Gasteiger charge is 2.51. The molecule has 0 saturated heterocycles. The molecule has 1 heterocycles. The van der Waals surface area contributed by atoms with Crippen LogP contribution in [0.1, 0.15) is 50.5 Å². The van der Waals surface area contributed by atoms with Gasteiger partial charge in [-0.1, -0.05) is 6.07 Å². The van der Waals surface area contributed by atoms with Crippen LogP contribution in [0.5, 0.6) is 0 Å². The van der Waals surface area contributed by atoms with E-state index in [0.717, 1.165) is 40.1 Å². The lowest BCUT2D eigenvalue weighted by molar-refractivity contribution is -0.124. The van der Waals surface area contributed by atoms with Gasteiger partial charge in [-0.25, -0.2) is 4.98 Å². The van der Waals surface area contributed by atoms with Gasteiger partial charge in [-0.05, 0) is 111 Å². The number of aromatic nitrogens is 1. The Bertz CT molecular complexity index is 1080. The monoisotopic (exact) mass is 400 g/mol. The molecule has 1 N–H and O–H groups in total. The van der Waals surface area contributed by atoms with Crippen LogP contribution in [0.3, 0.4) is 0 Å². The standard InChI is InChI=1S/C26H28N2O2/c1-16-2-7-23-22(8-16)28-25(30-23)20-3-5-21(6-4-20)27-24(29)15-26-12-17-9-18(13-26)11-19(10-17)14-26/h2-8,17-19H,9-15H2,1H3,(H,27,29). The summed E-state index contributed by atoms with van der Waals surface area (Å²) in [7, 11) is 0. The van der Waals surface area contributed by atoms with Gasteiger partial charge in [0.05, 0.1) is 0 Å². The van der Waals surface area contributed by atoms with Crippen molar-refractivity contribution in [2.75, 3.05) is 5.32 Å². The van der Waals surface area contributed by atoms with Gasteiger partial charge in [0.1, 0.15) is 5.52 Å².